The number of aryl methyl sites for hydroxylation is 1. The van der Waals surface area contributed by atoms with E-state index in [-0.39, 0.29) is 18.6 Å². The molecule has 1 atom stereocenters. The number of hydrogen-bond acceptors (Lipinski definition) is 3. The van der Waals surface area contributed by atoms with Gasteiger partial charge in [0.05, 0.1) is 6.61 Å². The number of amides is 2. The van der Waals surface area contributed by atoms with Crippen molar-refractivity contribution >= 4 is 17.7 Å². The van der Waals surface area contributed by atoms with Crippen LogP contribution in [0.5, 0.6) is 0 Å². The van der Waals surface area contributed by atoms with Gasteiger partial charge in [0.1, 0.15) is 6.61 Å². The molecule has 1 unspecified atom stereocenters. The number of aliphatic carboxylic acids is 1. The maximum Gasteiger partial charge on any atom is 0.329 e. The Hall–Kier alpha value is -2.08. The molecule has 1 saturated heterocycles. The minimum absolute atomic E-state index is 0.0603. The molecule has 0 radical (unpaired) electrons. The number of benzene rings is 1. The van der Waals surface area contributed by atoms with Gasteiger partial charge in [-0.3, -0.25) is 4.90 Å². The van der Waals surface area contributed by atoms with Crippen LogP contribution in [0.25, 0.3) is 0 Å². The first-order valence-electron chi connectivity index (χ1n) is 8.59. The number of carboxylic acids is 1. The summed E-state index contributed by atoms with van der Waals surface area (Å²) in [5.74, 6) is -0.745. The third-order valence-corrected chi connectivity index (χ3v) is 4.71. The van der Waals surface area contributed by atoms with Crippen LogP contribution in [0, 0.1) is 5.92 Å². The topological polar surface area (TPSA) is 70.1 Å². The summed E-state index contributed by atoms with van der Waals surface area (Å²) in [6.07, 6.45) is 3.91. The van der Waals surface area contributed by atoms with E-state index in [1.54, 1.807) is 0 Å². The summed E-state index contributed by atoms with van der Waals surface area (Å²) in [6, 6.07) is 8.16. The average Bonchev–Trinajstić information content (AvgIpc) is 2.60. The Morgan fingerprint density at radius 3 is 2.88 bits per heavy atom. The van der Waals surface area contributed by atoms with Crippen LogP contribution in [0.1, 0.15) is 24.8 Å². The lowest BCUT2D eigenvalue weighted by Gasteiger charge is -2.38. The fourth-order valence-corrected chi connectivity index (χ4v) is 3.59. The first-order valence-corrected chi connectivity index (χ1v) is 8.59. The lowest BCUT2D eigenvalue weighted by atomic mass is 9.98. The Bertz CT molecular complexity index is 604. The van der Waals surface area contributed by atoms with Crippen LogP contribution >= 0.6 is 0 Å². The number of anilines is 1. The van der Waals surface area contributed by atoms with Crippen LogP contribution in [0.2, 0.25) is 0 Å². The fraction of sp³-hybridized carbons (Fsp3) is 0.556. The molecule has 1 N–H and O–H groups in total. The number of urea groups is 1. The van der Waals surface area contributed by atoms with Crippen molar-refractivity contribution in [2.75, 3.05) is 37.7 Å². The summed E-state index contributed by atoms with van der Waals surface area (Å²) in [5.41, 5.74) is 2.26. The van der Waals surface area contributed by atoms with Gasteiger partial charge in [0.25, 0.3) is 0 Å². The van der Waals surface area contributed by atoms with Crippen LogP contribution < -0.4 is 4.90 Å². The molecule has 1 aromatic carbocycles. The molecule has 6 heteroatoms. The quantitative estimate of drug-likeness (QED) is 0.919. The molecule has 0 aliphatic carbocycles. The van der Waals surface area contributed by atoms with Crippen LogP contribution in [-0.4, -0.2) is 54.9 Å². The van der Waals surface area contributed by atoms with E-state index in [4.69, 9.17) is 9.84 Å². The van der Waals surface area contributed by atoms with Gasteiger partial charge < -0.3 is 14.7 Å². The Labute approximate surface area is 142 Å². The third-order valence-electron chi connectivity index (χ3n) is 4.71. The van der Waals surface area contributed by atoms with Crippen molar-refractivity contribution in [1.29, 1.82) is 0 Å². The fourth-order valence-electron chi connectivity index (χ4n) is 3.59. The van der Waals surface area contributed by atoms with Crippen molar-refractivity contribution in [3.05, 3.63) is 29.8 Å². The molecular weight excluding hydrogens is 308 g/mol. The van der Waals surface area contributed by atoms with Crippen LogP contribution in [-0.2, 0) is 16.0 Å². The Morgan fingerprint density at radius 1 is 1.21 bits per heavy atom. The molecule has 3 rings (SSSR count). The van der Waals surface area contributed by atoms with Crippen molar-refractivity contribution in [2.45, 2.75) is 25.7 Å². The number of nitrogens with zero attached hydrogens (tertiary/aromatic N) is 2. The molecule has 130 valence electrons. The number of carbonyl (C=O) groups excluding carboxylic acids is 1. The highest BCUT2D eigenvalue weighted by molar-refractivity contribution is 5.93. The second kappa shape index (κ2) is 7.66. The van der Waals surface area contributed by atoms with Crippen LogP contribution in [0.4, 0.5) is 10.5 Å². The van der Waals surface area contributed by atoms with Gasteiger partial charge in [-0.1, -0.05) is 18.2 Å². The summed E-state index contributed by atoms with van der Waals surface area (Å²) in [7, 11) is 0. The predicted molar refractivity (Wildman–Crippen MR) is 90.3 cm³/mol. The summed E-state index contributed by atoms with van der Waals surface area (Å²) >= 11 is 0. The van der Waals surface area contributed by atoms with E-state index in [1.807, 2.05) is 28.0 Å². The number of para-hydroxylation sites is 1. The molecule has 2 amide bonds. The standard InChI is InChI=1S/C18H24N2O4/c21-17(22)13-24-12-14-5-3-9-19(11-14)18(23)20-10-4-7-15-6-1-2-8-16(15)20/h1-2,6,8,14H,3-5,7,9-13H2,(H,21,22). The van der Waals surface area contributed by atoms with Crippen molar-refractivity contribution in [3.63, 3.8) is 0 Å². The van der Waals surface area contributed by atoms with Gasteiger partial charge in [0, 0.05) is 31.2 Å². The first-order chi connectivity index (χ1) is 11.6. The number of piperidine rings is 1. The zero-order valence-electron chi connectivity index (χ0n) is 13.8. The number of carbonyl (C=O) groups is 2. The highest BCUT2D eigenvalue weighted by Crippen LogP contribution is 2.28. The van der Waals surface area contributed by atoms with E-state index >= 15 is 0 Å². The monoisotopic (exact) mass is 332 g/mol. The minimum atomic E-state index is -0.955. The van der Waals surface area contributed by atoms with Gasteiger partial charge >= 0.3 is 12.0 Å². The highest BCUT2D eigenvalue weighted by Gasteiger charge is 2.30. The molecule has 0 aromatic heterocycles. The zero-order valence-corrected chi connectivity index (χ0v) is 13.8. The van der Waals surface area contributed by atoms with Crippen molar-refractivity contribution in [2.24, 2.45) is 5.92 Å². The Balaban J connectivity index is 1.62. The molecule has 24 heavy (non-hydrogen) atoms. The number of rotatable bonds is 4. The van der Waals surface area contributed by atoms with Crippen LogP contribution in [0.15, 0.2) is 24.3 Å². The average molecular weight is 332 g/mol. The molecule has 2 heterocycles. The maximum absolute atomic E-state index is 13.0. The van der Waals surface area contributed by atoms with Gasteiger partial charge in [-0.15, -0.1) is 0 Å². The number of fused-ring (bicyclic) bond motifs is 1. The summed E-state index contributed by atoms with van der Waals surface area (Å²) in [5, 5.41) is 8.65. The normalized spacial score (nSPS) is 20.6. The SMILES string of the molecule is O=C(O)COCC1CCCN(C(=O)N2CCCc3ccccc32)C1. The van der Waals surface area contributed by atoms with Gasteiger partial charge in [-0.05, 0) is 37.3 Å². The zero-order chi connectivity index (χ0) is 16.9. The first kappa shape index (κ1) is 16.8. The summed E-state index contributed by atoms with van der Waals surface area (Å²) < 4.78 is 5.21. The van der Waals surface area contributed by atoms with E-state index in [9.17, 15) is 9.59 Å². The maximum atomic E-state index is 13.0. The van der Waals surface area contributed by atoms with E-state index < -0.39 is 5.97 Å². The molecule has 0 saturated carbocycles. The second-order valence-electron chi connectivity index (χ2n) is 6.53. The molecule has 0 spiro atoms. The lowest BCUT2D eigenvalue weighted by molar-refractivity contribution is -0.142. The molecule has 1 aromatic rings. The van der Waals surface area contributed by atoms with Crippen molar-refractivity contribution in [1.82, 2.24) is 4.90 Å². The third kappa shape index (κ3) is 3.87. The smallest absolute Gasteiger partial charge is 0.329 e. The summed E-state index contributed by atoms with van der Waals surface area (Å²) in [4.78, 5) is 27.3. The van der Waals surface area contributed by atoms with Gasteiger partial charge in [-0.2, -0.15) is 0 Å². The molecular formula is C18H24N2O4. The van der Waals surface area contributed by atoms with Gasteiger partial charge in [-0.25, -0.2) is 9.59 Å². The van der Waals surface area contributed by atoms with Crippen LogP contribution in [0.3, 0.4) is 0 Å². The molecule has 0 bridgehead atoms. The minimum Gasteiger partial charge on any atom is -0.480 e. The predicted octanol–water partition coefficient (Wildman–Crippen LogP) is 2.37. The molecule has 6 nitrogen and oxygen atoms in total. The Morgan fingerprint density at radius 2 is 2.04 bits per heavy atom. The number of ether oxygens (including phenoxy) is 1. The van der Waals surface area contributed by atoms with E-state index in [2.05, 4.69) is 6.07 Å². The van der Waals surface area contributed by atoms with Gasteiger partial charge in [0.15, 0.2) is 0 Å². The van der Waals surface area contributed by atoms with Crippen molar-refractivity contribution < 1.29 is 19.4 Å². The van der Waals surface area contributed by atoms with E-state index in [0.29, 0.717) is 13.2 Å². The number of carboxylic acid groups (broad SMARTS) is 1. The molecule has 2 aliphatic rings. The highest BCUT2D eigenvalue weighted by atomic mass is 16.5. The Kier molecular flexibility index (Phi) is 5.35. The number of hydrogen-bond donors (Lipinski definition) is 1. The van der Waals surface area contributed by atoms with Crippen molar-refractivity contribution in [3.8, 4) is 0 Å². The number of likely N-dealkylation sites (tertiary alicyclic amines) is 1. The molecule has 1 fully saturated rings. The molecule has 2 aliphatic heterocycles. The van der Waals surface area contributed by atoms with E-state index in [0.717, 1.165) is 44.5 Å². The summed E-state index contributed by atoms with van der Waals surface area (Å²) in [6.45, 7) is 2.27. The largest absolute Gasteiger partial charge is 0.480 e. The second-order valence-corrected chi connectivity index (χ2v) is 6.53. The van der Waals surface area contributed by atoms with Gasteiger partial charge in [0.2, 0.25) is 0 Å². The van der Waals surface area contributed by atoms with E-state index in [1.165, 1.54) is 5.56 Å². The lowest BCUT2D eigenvalue weighted by Crippen LogP contribution is -2.49.